The van der Waals surface area contributed by atoms with Gasteiger partial charge in [-0.2, -0.15) is 0 Å². The highest BCUT2D eigenvalue weighted by Gasteiger charge is 2.07. The number of thiazole rings is 1. The van der Waals surface area contributed by atoms with Crippen molar-refractivity contribution >= 4 is 17.0 Å². The van der Waals surface area contributed by atoms with E-state index in [2.05, 4.69) is 4.98 Å². The predicted molar refractivity (Wildman–Crippen MR) is 83.7 cm³/mol. The quantitative estimate of drug-likeness (QED) is 0.576. The van der Waals surface area contributed by atoms with E-state index in [4.69, 9.17) is 15.2 Å². The minimum absolute atomic E-state index is 0.198. The first-order valence-corrected chi connectivity index (χ1v) is 7.66. The van der Waals surface area contributed by atoms with E-state index in [1.165, 1.54) is 4.88 Å². The molecule has 0 fully saturated rings. The molecule has 114 valence electrons. The van der Waals surface area contributed by atoms with Crippen molar-refractivity contribution in [2.45, 2.75) is 19.4 Å². The summed E-state index contributed by atoms with van der Waals surface area (Å²) in [5.41, 5.74) is 9.16. The van der Waals surface area contributed by atoms with Crippen molar-refractivity contribution in [3.8, 4) is 5.75 Å². The number of hydrogen-bond donors (Lipinski definition) is 2. The molecule has 5 nitrogen and oxygen atoms in total. The molecule has 0 aliphatic rings. The van der Waals surface area contributed by atoms with Crippen molar-refractivity contribution in [3.05, 3.63) is 40.3 Å². The maximum absolute atomic E-state index is 9.79. The molecule has 0 aliphatic heterocycles. The molecule has 0 saturated carbocycles. The Hall–Kier alpha value is -1.63. The highest BCUT2D eigenvalue weighted by atomic mass is 32.1. The van der Waals surface area contributed by atoms with Crippen LogP contribution in [0.15, 0.2) is 29.8 Å². The molecule has 1 unspecified atom stereocenters. The predicted octanol–water partition coefficient (Wildman–Crippen LogP) is 2.03. The second-order valence-corrected chi connectivity index (χ2v) is 5.66. The van der Waals surface area contributed by atoms with Gasteiger partial charge in [0.05, 0.1) is 24.4 Å². The molecule has 2 rings (SSSR count). The van der Waals surface area contributed by atoms with Gasteiger partial charge in [-0.15, -0.1) is 11.3 Å². The zero-order valence-corrected chi connectivity index (χ0v) is 12.8. The summed E-state index contributed by atoms with van der Waals surface area (Å²) in [5.74, 6) is 0.684. The molecule has 21 heavy (non-hydrogen) atoms. The Morgan fingerprint density at radius 1 is 1.29 bits per heavy atom. The molecule has 3 N–H and O–H groups in total. The fourth-order valence-electron chi connectivity index (χ4n) is 1.75. The average molecular weight is 308 g/mol. The molecule has 0 aliphatic carbocycles. The number of nitrogens with zero attached hydrogens (tertiary/aromatic N) is 1. The summed E-state index contributed by atoms with van der Waals surface area (Å²) in [6.45, 7) is 3.01. The third-order valence-corrected chi connectivity index (χ3v) is 3.95. The summed E-state index contributed by atoms with van der Waals surface area (Å²) >= 11 is 1.63. The van der Waals surface area contributed by atoms with E-state index < -0.39 is 6.10 Å². The molecule has 0 spiro atoms. The fourth-order valence-corrected chi connectivity index (χ4v) is 2.52. The van der Waals surface area contributed by atoms with E-state index >= 15 is 0 Å². The van der Waals surface area contributed by atoms with Gasteiger partial charge in [-0.1, -0.05) is 0 Å². The normalized spacial score (nSPS) is 12.3. The summed E-state index contributed by atoms with van der Waals surface area (Å²) in [7, 11) is 0. The lowest BCUT2D eigenvalue weighted by molar-refractivity contribution is 0.0132. The van der Waals surface area contributed by atoms with Gasteiger partial charge in [0, 0.05) is 17.0 Å². The lowest BCUT2D eigenvalue weighted by Crippen LogP contribution is -2.24. The first-order valence-electron chi connectivity index (χ1n) is 6.78. The second-order valence-electron chi connectivity index (χ2n) is 4.72. The highest BCUT2D eigenvalue weighted by Crippen LogP contribution is 2.14. The van der Waals surface area contributed by atoms with Crippen LogP contribution < -0.4 is 10.5 Å². The molecule has 1 aromatic heterocycles. The zero-order chi connectivity index (χ0) is 15.1. The van der Waals surface area contributed by atoms with Crippen molar-refractivity contribution in [1.29, 1.82) is 0 Å². The lowest BCUT2D eigenvalue weighted by Gasteiger charge is -2.12. The smallest absolute Gasteiger partial charge is 0.119 e. The largest absolute Gasteiger partial charge is 0.491 e. The number of nitrogens with two attached hydrogens (primary N) is 1. The number of aryl methyl sites for hydroxylation is 1. The summed E-state index contributed by atoms with van der Waals surface area (Å²) in [5, 5.41) is 9.79. The van der Waals surface area contributed by atoms with Gasteiger partial charge in [-0.3, -0.25) is 0 Å². The maximum Gasteiger partial charge on any atom is 0.119 e. The molecule has 6 heteroatoms. The second kappa shape index (κ2) is 7.97. The third kappa shape index (κ3) is 5.34. The van der Waals surface area contributed by atoms with Gasteiger partial charge < -0.3 is 20.3 Å². The number of hydrogen-bond acceptors (Lipinski definition) is 6. The lowest BCUT2D eigenvalue weighted by atomic mass is 10.3. The van der Waals surface area contributed by atoms with Gasteiger partial charge in [0.1, 0.15) is 18.5 Å². The van der Waals surface area contributed by atoms with Crippen LogP contribution in [0, 0.1) is 6.92 Å². The Morgan fingerprint density at radius 3 is 2.71 bits per heavy atom. The summed E-state index contributed by atoms with van der Waals surface area (Å²) in [6, 6.07) is 7.07. The molecule has 1 aromatic carbocycles. The first kappa shape index (κ1) is 15.8. The molecule has 0 amide bonds. The molecule has 2 aromatic rings. The van der Waals surface area contributed by atoms with Crippen LogP contribution in [0.3, 0.4) is 0 Å². The van der Waals surface area contributed by atoms with Crippen molar-refractivity contribution in [2.75, 3.05) is 25.6 Å². The van der Waals surface area contributed by atoms with Crippen LogP contribution in [0.25, 0.3) is 0 Å². The molecule has 0 radical (unpaired) electrons. The Kier molecular flexibility index (Phi) is 5.98. The topological polar surface area (TPSA) is 77.6 Å². The Bertz CT molecular complexity index is 542. The highest BCUT2D eigenvalue weighted by molar-refractivity contribution is 7.09. The minimum Gasteiger partial charge on any atom is -0.491 e. The van der Waals surface area contributed by atoms with E-state index in [0.717, 1.165) is 12.1 Å². The van der Waals surface area contributed by atoms with Crippen LogP contribution in [-0.2, 0) is 11.2 Å². The van der Waals surface area contributed by atoms with Crippen molar-refractivity contribution in [1.82, 2.24) is 4.98 Å². The van der Waals surface area contributed by atoms with Crippen LogP contribution in [0.1, 0.15) is 10.6 Å². The van der Waals surface area contributed by atoms with Gasteiger partial charge in [0.2, 0.25) is 0 Å². The molecule has 0 saturated heterocycles. The number of nitrogen functional groups attached to an aromatic ring is 1. The number of aromatic nitrogens is 1. The third-order valence-electron chi connectivity index (χ3n) is 2.95. The number of aliphatic hydroxyl groups excluding tert-OH is 1. The SMILES string of the molecule is Cc1ncsc1CCOCC(O)COc1ccc(N)cc1. The molecular formula is C15H20N2O3S. The summed E-state index contributed by atoms with van der Waals surface area (Å²) < 4.78 is 10.9. The Labute approximate surface area is 128 Å². The monoisotopic (exact) mass is 308 g/mol. The summed E-state index contributed by atoms with van der Waals surface area (Å²) in [4.78, 5) is 5.41. The van der Waals surface area contributed by atoms with E-state index in [1.54, 1.807) is 35.6 Å². The van der Waals surface area contributed by atoms with Crippen LogP contribution in [0.5, 0.6) is 5.75 Å². The summed E-state index contributed by atoms with van der Waals surface area (Å²) in [6.07, 6.45) is 0.173. The molecule has 1 atom stereocenters. The van der Waals surface area contributed by atoms with E-state index in [1.807, 2.05) is 12.4 Å². The van der Waals surface area contributed by atoms with Crippen LogP contribution in [0.4, 0.5) is 5.69 Å². The van der Waals surface area contributed by atoms with Crippen molar-refractivity contribution in [3.63, 3.8) is 0 Å². The standard InChI is InChI=1S/C15H20N2O3S/c1-11-15(21-10-17-11)6-7-19-8-13(18)9-20-14-4-2-12(16)3-5-14/h2-5,10,13,18H,6-9,16H2,1H3. The zero-order valence-electron chi connectivity index (χ0n) is 12.0. The van der Waals surface area contributed by atoms with Gasteiger partial charge in [-0.05, 0) is 31.2 Å². The van der Waals surface area contributed by atoms with E-state index in [-0.39, 0.29) is 13.2 Å². The number of benzene rings is 1. The Balaban J connectivity index is 1.60. The number of rotatable bonds is 8. The molecular weight excluding hydrogens is 288 g/mol. The average Bonchev–Trinajstić information content (AvgIpc) is 2.88. The van der Waals surface area contributed by atoms with Gasteiger partial charge in [0.25, 0.3) is 0 Å². The van der Waals surface area contributed by atoms with Crippen molar-refractivity contribution < 1.29 is 14.6 Å². The van der Waals surface area contributed by atoms with Gasteiger partial charge in [0.15, 0.2) is 0 Å². The number of ether oxygens (including phenoxy) is 2. The number of aliphatic hydroxyl groups is 1. The van der Waals surface area contributed by atoms with E-state index in [9.17, 15) is 5.11 Å². The molecule has 0 bridgehead atoms. The molecule has 1 heterocycles. The number of anilines is 1. The Morgan fingerprint density at radius 2 is 2.05 bits per heavy atom. The van der Waals surface area contributed by atoms with Gasteiger partial charge >= 0.3 is 0 Å². The van der Waals surface area contributed by atoms with Crippen LogP contribution in [0.2, 0.25) is 0 Å². The minimum atomic E-state index is -0.648. The van der Waals surface area contributed by atoms with Gasteiger partial charge in [-0.25, -0.2) is 4.98 Å². The van der Waals surface area contributed by atoms with Crippen LogP contribution in [-0.4, -0.2) is 36.0 Å². The van der Waals surface area contributed by atoms with Crippen molar-refractivity contribution in [2.24, 2.45) is 0 Å². The van der Waals surface area contributed by atoms with E-state index in [0.29, 0.717) is 18.0 Å². The fraction of sp³-hybridized carbons (Fsp3) is 0.400. The van der Waals surface area contributed by atoms with Crippen LogP contribution >= 0.6 is 11.3 Å². The first-order chi connectivity index (χ1) is 10.1. The maximum atomic E-state index is 9.79.